The molecule has 23 heavy (non-hydrogen) atoms. The highest BCUT2D eigenvalue weighted by Crippen LogP contribution is 2.55. The van der Waals surface area contributed by atoms with Crippen molar-refractivity contribution in [1.29, 1.82) is 0 Å². The minimum absolute atomic E-state index is 0.0279. The average molecular weight is 337 g/mol. The molecule has 2 aliphatic rings. The van der Waals surface area contributed by atoms with E-state index in [-0.39, 0.29) is 18.3 Å². The van der Waals surface area contributed by atoms with Gasteiger partial charge in [-0.1, -0.05) is 17.7 Å². The summed E-state index contributed by atoms with van der Waals surface area (Å²) < 4.78 is 33.3. The molecule has 1 saturated carbocycles. The summed E-state index contributed by atoms with van der Waals surface area (Å²) in [6.45, 7) is 1.86. The Morgan fingerprint density at radius 2 is 1.91 bits per heavy atom. The molecule has 1 aliphatic carbocycles. The van der Waals surface area contributed by atoms with Crippen molar-refractivity contribution in [3.05, 3.63) is 58.2 Å². The molecule has 2 fully saturated rings. The standard InChI is InChI=1S/C17H15ClF2N2O/c18-10-2-1-9(14(20)5-10)8-23-15-4-3-13(19)17(22-15)16-11-6-21-7-12(11)16/h1-5,11-12,16,21H,6-8H2/t11-,12+,16?. The van der Waals surface area contributed by atoms with E-state index in [0.717, 1.165) is 13.1 Å². The number of hydrogen-bond donors (Lipinski definition) is 1. The lowest BCUT2D eigenvalue weighted by Gasteiger charge is -2.10. The van der Waals surface area contributed by atoms with Crippen molar-refractivity contribution in [2.24, 2.45) is 11.8 Å². The van der Waals surface area contributed by atoms with Crippen molar-refractivity contribution in [3.63, 3.8) is 0 Å². The zero-order valence-electron chi connectivity index (χ0n) is 12.2. The fourth-order valence-corrected chi connectivity index (χ4v) is 3.53. The van der Waals surface area contributed by atoms with Crippen LogP contribution in [0.25, 0.3) is 0 Å². The van der Waals surface area contributed by atoms with Gasteiger partial charge in [-0.05, 0) is 43.1 Å². The molecule has 0 amide bonds. The second kappa shape index (κ2) is 5.73. The summed E-state index contributed by atoms with van der Waals surface area (Å²) in [7, 11) is 0. The van der Waals surface area contributed by atoms with E-state index in [0.29, 0.717) is 34.0 Å². The SMILES string of the molecule is Fc1cc(Cl)ccc1COc1ccc(F)c(C2[C@H]3CNC[C@@H]23)n1. The molecule has 0 radical (unpaired) electrons. The van der Waals surface area contributed by atoms with Crippen LogP contribution in [-0.4, -0.2) is 18.1 Å². The zero-order chi connectivity index (χ0) is 16.0. The predicted molar refractivity (Wildman–Crippen MR) is 82.5 cm³/mol. The van der Waals surface area contributed by atoms with E-state index in [1.807, 2.05) is 0 Å². The number of fused-ring (bicyclic) bond motifs is 1. The van der Waals surface area contributed by atoms with Crippen LogP contribution in [0.4, 0.5) is 8.78 Å². The van der Waals surface area contributed by atoms with Crippen molar-refractivity contribution in [3.8, 4) is 5.88 Å². The minimum Gasteiger partial charge on any atom is -0.473 e. The molecule has 3 atom stereocenters. The molecule has 0 spiro atoms. The summed E-state index contributed by atoms with van der Waals surface area (Å²) in [5.41, 5.74) is 0.852. The first-order valence-corrected chi connectivity index (χ1v) is 7.95. The predicted octanol–water partition coefficient (Wildman–Crippen LogP) is 3.53. The molecule has 1 saturated heterocycles. The molecule has 2 aromatic rings. The van der Waals surface area contributed by atoms with Crippen LogP contribution in [0.3, 0.4) is 0 Å². The second-order valence-corrected chi connectivity index (χ2v) is 6.49. The lowest BCUT2D eigenvalue weighted by molar-refractivity contribution is 0.286. The molecule has 1 aromatic carbocycles. The van der Waals surface area contributed by atoms with Gasteiger partial charge < -0.3 is 10.1 Å². The summed E-state index contributed by atoms with van der Waals surface area (Å²) >= 11 is 5.72. The Morgan fingerprint density at radius 1 is 1.13 bits per heavy atom. The molecule has 6 heteroatoms. The van der Waals surface area contributed by atoms with Crippen LogP contribution in [0, 0.1) is 23.5 Å². The molecule has 4 rings (SSSR count). The Morgan fingerprint density at radius 3 is 2.65 bits per heavy atom. The Hall–Kier alpha value is -1.72. The maximum Gasteiger partial charge on any atom is 0.213 e. The Balaban J connectivity index is 1.49. The highest BCUT2D eigenvalue weighted by Gasteiger charge is 2.55. The van der Waals surface area contributed by atoms with E-state index >= 15 is 0 Å². The first-order valence-electron chi connectivity index (χ1n) is 7.57. The summed E-state index contributed by atoms with van der Waals surface area (Å²) in [5.74, 6) is 0.708. The number of hydrogen-bond acceptors (Lipinski definition) is 3. The van der Waals surface area contributed by atoms with Crippen molar-refractivity contribution in [1.82, 2.24) is 10.3 Å². The van der Waals surface area contributed by atoms with Crippen LogP contribution in [0.5, 0.6) is 5.88 Å². The summed E-state index contributed by atoms with van der Waals surface area (Å²) in [6, 6.07) is 7.26. The molecule has 3 nitrogen and oxygen atoms in total. The number of piperidine rings is 1. The molecule has 1 N–H and O–H groups in total. The average Bonchev–Trinajstić information content (AvgIpc) is 2.99. The van der Waals surface area contributed by atoms with Crippen LogP contribution in [0.15, 0.2) is 30.3 Å². The number of nitrogens with zero attached hydrogens (tertiary/aromatic N) is 1. The maximum atomic E-state index is 14.0. The van der Waals surface area contributed by atoms with Gasteiger partial charge in [-0.3, -0.25) is 0 Å². The largest absolute Gasteiger partial charge is 0.473 e. The lowest BCUT2D eigenvalue weighted by atomic mass is 10.1. The molecule has 1 aromatic heterocycles. The van der Waals surface area contributed by atoms with Crippen LogP contribution < -0.4 is 10.1 Å². The highest BCUT2D eigenvalue weighted by molar-refractivity contribution is 6.30. The third kappa shape index (κ3) is 2.79. The Labute approximate surface area is 137 Å². The fraction of sp³-hybridized carbons (Fsp3) is 0.353. The first kappa shape index (κ1) is 14.8. The summed E-state index contributed by atoms with van der Waals surface area (Å²) in [6.07, 6.45) is 0. The minimum atomic E-state index is -0.428. The van der Waals surface area contributed by atoms with Gasteiger partial charge in [0.05, 0.1) is 5.69 Å². The highest BCUT2D eigenvalue weighted by atomic mass is 35.5. The van der Waals surface area contributed by atoms with Crippen LogP contribution in [0.1, 0.15) is 17.2 Å². The zero-order valence-corrected chi connectivity index (χ0v) is 13.0. The lowest BCUT2D eigenvalue weighted by Crippen LogP contribution is -2.15. The topological polar surface area (TPSA) is 34.1 Å². The van der Waals surface area contributed by atoms with Gasteiger partial charge in [-0.25, -0.2) is 13.8 Å². The van der Waals surface area contributed by atoms with Crippen LogP contribution in [0.2, 0.25) is 5.02 Å². The molecule has 120 valence electrons. The number of benzene rings is 1. The number of halogens is 3. The van der Waals surface area contributed by atoms with E-state index in [1.165, 1.54) is 18.2 Å². The summed E-state index contributed by atoms with van der Waals surface area (Å²) in [4.78, 5) is 4.31. The maximum absolute atomic E-state index is 14.0. The van der Waals surface area contributed by atoms with Gasteiger partial charge >= 0.3 is 0 Å². The van der Waals surface area contributed by atoms with Crippen molar-refractivity contribution in [2.75, 3.05) is 13.1 Å². The quantitative estimate of drug-likeness (QED) is 0.927. The monoisotopic (exact) mass is 336 g/mol. The van der Waals surface area contributed by atoms with Gasteiger partial charge in [0.15, 0.2) is 0 Å². The number of ether oxygens (including phenoxy) is 1. The van der Waals surface area contributed by atoms with Gasteiger partial charge in [-0.2, -0.15) is 0 Å². The normalized spacial score (nSPS) is 25.3. The Bertz CT molecular complexity index is 745. The van der Waals surface area contributed by atoms with E-state index in [1.54, 1.807) is 12.1 Å². The van der Waals surface area contributed by atoms with E-state index < -0.39 is 5.82 Å². The van der Waals surface area contributed by atoms with E-state index in [2.05, 4.69) is 10.3 Å². The number of rotatable bonds is 4. The third-order valence-corrected chi connectivity index (χ3v) is 4.88. The van der Waals surface area contributed by atoms with Crippen molar-refractivity contribution >= 4 is 11.6 Å². The van der Waals surface area contributed by atoms with E-state index in [9.17, 15) is 8.78 Å². The van der Waals surface area contributed by atoms with Crippen LogP contribution >= 0.6 is 11.6 Å². The molecule has 1 aliphatic heterocycles. The number of pyridine rings is 1. The fourth-order valence-electron chi connectivity index (χ4n) is 3.37. The Kier molecular flexibility index (Phi) is 3.70. The van der Waals surface area contributed by atoms with Gasteiger partial charge in [0.1, 0.15) is 18.2 Å². The third-order valence-electron chi connectivity index (χ3n) is 4.65. The second-order valence-electron chi connectivity index (χ2n) is 6.05. The molecule has 1 unspecified atom stereocenters. The summed E-state index contributed by atoms with van der Waals surface area (Å²) in [5, 5.41) is 3.61. The molecular formula is C17H15ClF2N2O. The van der Waals surface area contributed by atoms with Crippen molar-refractivity contribution < 1.29 is 13.5 Å². The first-order chi connectivity index (χ1) is 11.1. The number of nitrogens with one attached hydrogen (secondary N) is 1. The van der Waals surface area contributed by atoms with E-state index in [4.69, 9.17) is 16.3 Å². The molecular weight excluding hydrogens is 322 g/mol. The van der Waals surface area contributed by atoms with Gasteiger partial charge in [0.25, 0.3) is 0 Å². The molecule has 2 heterocycles. The van der Waals surface area contributed by atoms with Crippen molar-refractivity contribution in [2.45, 2.75) is 12.5 Å². The van der Waals surface area contributed by atoms with Gasteiger partial charge in [0.2, 0.25) is 5.88 Å². The van der Waals surface area contributed by atoms with Crippen LogP contribution in [-0.2, 0) is 6.61 Å². The van der Waals surface area contributed by atoms with Gasteiger partial charge in [-0.15, -0.1) is 0 Å². The van der Waals surface area contributed by atoms with Gasteiger partial charge in [0, 0.05) is 22.6 Å². The number of aromatic nitrogens is 1. The molecule has 0 bridgehead atoms. The smallest absolute Gasteiger partial charge is 0.213 e.